The first kappa shape index (κ1) is 9.02. The quantitative estimate of drug-likeness (QED) is 0.804. The van der Waals surface area contributed by atoms with E-state index in [0.29, 0.717) is 5.02 Å². The van der Waals surface area contributed by atoms with Gasteiger partial charge >= 0.3 is 0 Å². The second-order valence-corrected chi connectivity index (χ2v) is 4.25. The molecule has 0 radical (unpaired) electrons. The second-order valence-electron chi connectivity index (χ2n) is 2.60. The van der Waals surface area contributed by atoms with Gasteiger partial charge in [-0.25, -0.2) is 0 Å². The highest BCUT2D eigenvalue weighted by Gasteiger charge is 2.03. The summed E-state index contributed by atoms with van der Waals surface area (Å²) in [5.74, 6) is 0. The number of hydrogen-bond donors (Lipinski definition) is 1. The Balaban J connectivity index is 2.47. The minimum Gasteiger partial charge on any atom is -0.276 e. The van der Waals surface area contributed by atoms with E-state index in [0.717, 1.165) is 11.3 Å². The largest absolute Gasteiger partial charge is 0.276 e. The maximum absolute atomic E-state index is 5.92. The van der Waals surface area contributed by atoms with Gasteiger partial charge < -0.3 is 0 Å². The lowest BCUT2D eigenvalue weighted by Gasteiger charge is -1.97. The van der Waals surface area contributed by atoms with Crippen molar-refractivity contribution in [2.45, 2.75) is 0 Å². The first-order valence-electron chi connectivity index (χ1n) is 3.72. The number of aromatic amines is 1. The van der Waals surface area contributed by atoms with Gasteiger partial charge in [-0.05, 0) is 34.7 Å². The standard InChI is InChI=1S/C9H6ClIN2/c10-8-5-12-13-9(8)6-1-3-7(11)4-2-6/h1-5H,(H,12,13). The Kier molecular flexibility index (Phi) is 2.55. The minimum atomic E-state index is 0.654. The Morgan fingerprint density at radius 2 is 1.92 bits per heavy atom. The molecule has 1 aromatic heterocycles. The van der Waals surface area contributed by atoms with Crippen LogP contribution in [0.1, 0.15) is 0 Å². The number of aromatic nitrogens is 2. The Labute approximate surface area is 94.5 Å². The van der Waals surface area contributed by atoms with E-state index < -0.39 is 0 Å². The Morgan fingerprint density at radius 1 is 1.23 bits per heavy atom. The van der Waals surface area contributed by atoms with Gasteiger partial charge in [0.2, 0.25) is 0 Å². The number of halogens is 2. The molecule has 0 fully saturated rings. The molecule has 0 saturated carbocycles. The lowest BCUT2D eigenvalue weighted by Crippen LogP contribution is -1.79. The lowest BCUT2D eigenvalue weighted by molar-refractivity contribution is 1.10. The van der Waals surface area contributed by atoms with Gasteiger partial charge in [0.05, 0.1) is 16.9 Å². The fourth-order valence-electron chi connectivity index (χ4n) is 1.09. The van der Waals surface area contributed by atoms with Gasteiger partial charge in [-0.15, -0.1) is 0 Å². The Bertz CT molecular complexity index is 408. The van der Waals surface area contributed by atoms with Crippen molar-refractivity contribution in [1.29, 1.82) is 0 Å². The van der Waals surface area contributed by atoms with E-state index in [4.69, 9.17) is 11.6 Å². The molecule has 0 saturated heterocycles. The number of nitrogens with zero attached hydrogens (tertiary/aromatic N) is 1. The molecule has 0 amide bonds. The maximum Gasteiger partial charge on any atom is 0.0862 e. The SMILES string of the molecule is Clc1cn[nH]c1-c1ccc(I)cc1. The van der Waals surface area contributed by atoms with E-state index in [2.05, 4.69) is 32.8 Å². The van der Waals surface area contributed by atoms with Crippen LogP contribution in [-0.2, 0) is 0 Å². The molecule has 0 aliphatic rings. The summed E-state index contributed by atoms with van der Waals surface area (Å²) in [4.78, 5) is 0. The molecule has 2 rings (SSSR count). The molecule has 2 nitrogen and oxygen atoms in total. The van der Waals surface area contributed by atoms with Gasteiger partial charge in [0, 0.05) is 9.13 Å². The smallest absolute Gasteiger partial charge is 0.0862 e. The van der Waals surface area contributed by atoms with E-state index in [9.17, 15) is 0 Å². The van der Waals surface area contributed by atoms with Crippen LogP contribution in [0.4, 0.5) is 0 Å². The molecule has 0 atom stereocenters. The molecule has 0 spiro atoms. The third kappa shape index (κ3) is 1.86. The van der Waals surface area contributed by atoms with Crippen molar-refractivity contribution in [1.82, 2.24) is 10.2 Å². The fraction of sp³-hybridized carbons (Fsp3) is 0. The van der Waals surface area contributed by atoms with Crippen LogP contribution in [0, 0.1) is 3.57 Å². The monoisotopic (exact) mass is 304 g/mol. The summed E-state index contributed by atoms with van der Waals surface area (Å²) < 4.78 is 1.21. The summed E-state index contributed by atoms with van der Waals surface area (Å²) >= 11 is 8.18. The van der Waals surface area contributed by atoms with Gasteiger partial charge in [0.25, 0.3) is 0 Å². The van der Waals surface area contributed by atoms with Crippen molar-refractivity contribution in [2.24, 2.45) is 0 Å². The molecule has 1 heterocycles. The average molecular weight is 305 g/mol. The number of rotatable bonds is 1. The Morgan fingerprint density at radius 3 is 2.46 bits per heavy atom. The minimum absolute atomic E-state index is 0.654. The maximum atomic E-state index is 5.92. The van der Waals surface area contributed by atoms with Crippen LogP contribution < -0.4 is 0 Å². The predicted octanol–water partition coefficient (Wildman–Crippen LogP) is 3.33. The number of nitrogens with one attached hydrogen (secondary N) is 1. The number of benzene rings is 1. The number of hydrogen-bond acceptors (Lipinski definition) is 1. The summed E-state index contributed by atoms with van der Waals surface area (Å²) in [5, 5.41) is 7.37. The van der Waals surface area contributed by atoms with Crippen LogP contribution in [0.25, 0.3) is 11.3 Å². The first-order chi connectivity index (χ1) is 6.27. The molecule has 0 unspecified atom stereocenters. The van der Waals surface area contributed by atoms with Crippen molar-refractivity contribution >= 4 is 34.2 Å². The highest BCUT2D eigenvalue weighted by molar-refractivity contribution is 14.1. The third-order valence-corrected chi connectivity index (χ3v) is 2.73. The first-order valence-corrected chi connectivity index (χ1v) is 5.18. The van der Waals surface area contributed by atoms with Gasteiger partial charge in [-0.2, -0.15) is 5.10 Å². The molecule has 4 heteroatoms. The van der Waals surface area contributed by atoms with Gasteiger partial charge in [-0.3, -0.25) is 5.10 Å². The molecule has 0 bridgehead atoms. The van der Waals surface area contributed by atoms with Crippen LogP contribution >= 0.6 is 34.2 Å². The van der Waals surface area contributed by atoms with Gasteiger partial charge in [0.1, 0.15) is 0 Å². The van der Waals surface area contributed by atoms with Crippen molar-refractivity contribution < 1.29 is 0 Å². The molecule has 1 N–H and O–H groups in total. The zero-order chi connectivity index (χ0) is 9.26. The third-order valence-electron chi connectivity index (χ3n) is 1.73. The van der Waals surface area contributed by atoms with E-state index in [1.165, 1.54) is 3.57 Å². The summed E-state index contributed by atoms with van der Waals surface area (Å²) in [5.41, 5.74) is 1.93. The van der Waals surface area contributed by atoms with E-state index in [1.54, 1.807) is 6.20 Å². The normalized spacial score (nSPS) is 10.3. The summed E-state index contributed by atoms with van der Waals surface area (Å²) in [6, 6.07) is 8.10. The molecule has 1 aromatic carbocycles. The second kappa shape index (κ2) is 3.67. The van der Waals surface area contributed by atoms with E-state index >= 15 is 0 Å². The zero-order valence-electron chi connectivity index (χ0n) is 6.59. The van der Waals surface area contributed by atoms with Crippen LogP contribution in [0.15, 0.2) is 30.5 Å². The van der Waals surface area contributed by atoms with Crippen LogP contribution in [0.2, 0.25) is 5.02 Å². The highest BCUT2D eigenvalue weighted by Crippen LogP contribution is 2.25. The summed E-state index contributed by atoms with van der Waals surface area (Å²) in [7, 11) is 0. The molecular weight excluding hydrogens is 298 g/mol. The van der Waals surface area contributed by atoms with Crippen molar-refractivity contribution in [3.63, 3.8) is 0 Å². The van der Waals surface area contributed by atoms with Crippen LogP contribution in [-0.4, -0.2) is 10.2 Å². The van der Waals surface area contributed by atoms with Crippen LogP contribution in [0.3, 0.4) is 0 Å². The van der Waals surface area contributed by atoms with Gasteiger partial charge in [0.15, 0.2) is 0 Å². The van der Waals surface area contributed by atoms with Gasteiger partial charge in [-0.1, -0.05) is 23.7 Å². The summed E-state index contributed by atoms with van der Waals surface area (Å²) in [6.45, 7) is 0. The van der Waals surface area contributed by atoms with Crippen molar-refractivity contribution in [3.05, 3.63) is 39.1 Å². The van der Waals surface area contributed by atoms with Crippen molar-refractivity contribution in [2.75, 3.05) is 0 Å². The van der Waals surface area contributed by atoms with Crippen molar-refractivity contribution in [3.8, 4) is 11.3 Å². The number of H-pyrrole nitrogens is 1. The predicted molar refractivity (Wildman–Crippen MR) is 61.8 cm³/mol. The van der Waals surface area contributed by atoms with Crippen LogP contribution in [0.5, 0.6) is 0 Å². The Hall–Kier alpha value is -0.550. The van der Waals surface area contributed by atoms with E-state index in [-0.39, 0.29) is 0 Å². The molecular formula is C9H6ClIN2. The average Bonchev–Trinajstić information content (AvgIpc) is 2.53. The molecule has 2 aromatic rings. The molecule has 66 valence electrons. The topological polar surface area (TPSA) is 28.7 Å². The molecule has 0 aliphatic heterocycles. The molecule has 13 heavy (non-hydrogen) atoms. The zero-order valence-corrected chi connectivity index (χ0v) is 9.50. The van der Waals surface area contributed by atoms with E-state index in [1.807, 2.05) is 24.3 Å². The molecule has 0 aliphatic carbocycles. The highest BCUT2D eigenvalue weighted by atomic mass is 127. The lowest BCUT2D eigenvalue weighted by atomic mass is 10.2. The fourth-order valence-corrected chi connectivity index (χ4v) is 1.65. The summed E-state index contributed by atoms with van der Waals surface area (Å²) in [6.07, 6.45) is 1.61.